The van der Waals surface area contributed by atoms with Gasteiger partial charge in [-0.3, -0.25) is 14.9 Å². The van der Waals surface area contributed by atoms with E-state index in [1.165, 1.54) is 17.8 Å². The summed E-state index contributed by atoms with van der Waals surface area (Å²) < 4.78 is 19.0. The lowest BCUT2D eigenvalue weighted by Crippen LogP contribution is -2.27. The molecule has 9 heteroatoms. The summed E-state index contributed by atoms with van der Waals surface area (Å²) in [6, 6.07) is 8.55. The third-order valence-electron chi connectivity index (χ3n) is 3.97. The van der Waals surface area contributed by atoms with Crippen LogP contribution in [0.1, 0.15) is 37.6 Å². The first-order chi connectivity index (χ1) is 14.1. The second-order valence-corrected chi connectivity index (χ2v) is 8.77. The number of ether oxygens (including phenoxy) is 1. The Hall–Kier alpha value is -3.07. The number of carbonyl (C=O) groups excluding carboxylic acids is 3. The highest BCUT2D eigenvalue weighted by molar-refractivity contribution is 7.99. The van der Waals surface area contributed by atoms with Crippen LogP contribution in [0.2, 0.25) is 0 Å². The zero-order valence-electron chi connectivity index (χ0n) is 16.8. The Morgan fingerprint density at radius 3 is 2.60 bits per heavy atom. The Morgan fingerprint density at radius 2 is 1.87 bits per heavy atom. The topological polar surface area (TPSA) is 96.5 Å². The summed E-state index contributed by atoms with van der Waals surface area (Å²) >= 11 is 1.53. The predicted molar refractivity (Wildman–Crippen MR) is 115 cm³/mol. The fraction of sp³-hybridized carbons (Fsp3) is 0.286. The SMILES string of the molecule is CC(C)(C)OC(=O)Nc1ccc(F)cc1NC(=O)c1ccc2c(c1)NC(=O)CCS2. The fourth-order valence-corrected chi connectivity index (χ4v) is 3.64. The largest absolute Gasteiger partial charge is 0.444 e. The van der Waals surface area contributed by atoms with Crippen LogP contribution < -0.4 is 16.0 Å². The van der Waals surface area contributed by atoms with Crippen LogP contribution in [-0.2, 0) is 9.53 Å². The van der Waals surface area contributed by atoms with Gasteiger partial charge >= 0.3 is 6.09 Å². The standard InChI is InChI=1S/C21H22FN3O4S/c1-21(2,3)29-20(28)25-14-6-5-13(22)11-15(14)24-19(27)12-4-7-17-16(10-12)23-18(26)8-9-30-17/h4-7,10-11H,8-9H2,1-3H3,(H,23,26)(H,24,27)(H,25,28). The van der Waals surface area contributed by atoms with Crippen LogP contribution in [0.25, 0.3) is 0 Å². The summed E-state index contributed by atoms with van der Waals surface area (Å²) in [6.07, 6.45) is -0.335. The van der Waals surface area contributed by atoms with Crippen LogP contribution in [-0.4, -0.2) is 29.3 Å². The summed E-state index contributed by atoms with van der Waals surface area (Å²) in [4.78, 5) is 37.5. The molecule has 30 heavy (non-hydrogen) atoms. The van der Waals surface area contributed by atoms with Crippen molar-refractivity contribution in [3.8, 4) is 0 Å². The Morgan fingerprint density at radius 1 is 1.10 bits per heavy atom. The average Bonchev–Trinajstić information content (AvgIpc) is 2.82. The number of hydrogen-bond donors (Lipinski definition) is 3. The molecule has 0 saturated heterocycles. The van der Waals surface area contributed by atoms with E-state index >= 15 is 0 Å². The van der Waals surface area contributed by atoms with E-state index in [1.807, 2.05) is 0 Å². The Balaban J connectivity index is 1.80. The summed E-state index contributed by atoms with van der Waals surface area (Å²) in [7, 11) is 0. The van der Waals surface area contributed by atoms with Crippen LogP contribution >= 0.6 is 11.8 Å². The molecule has 2 aromatic rings. The predicted octanol–water partition coefficient (Wildman–Crippen LogP) is 4.86. The molecule has 0 atom stereocenters. The van der Waals surface area contributed by atoms with E-state index in [4.69, 9.17) is 4.74 Å². The molecule has 1 heterocycles. The number of halogens is 1. The fourth-order valence-electron chi connectivity index (χ4n) is 2.70. The molecule has 7 nitrogen and oxygen atoms in total. The van der Waals surface area contributed by atoms with E-state index < -0.39 is 23.4 Å². The molecule has 1 aliphatic rings. The highest BCUT2D eigenvalue weighted by Crippen LogP contribution is 2.32. The summed E-state index contributed by atoms with van der Waals surface area (Å²) in [5.41, 5.74) is 0.403. The highest BCUT2D eigenvalue weighted by atomic mass is 32.2. The van der Waals surface area contributed by atoms with E-state index in [0.29, 0.717) is 17.9 Å². The van der Waals surface area contributed by atoms with Crippen molar-refractivity contribution < 1.29 is 23.5 Å². The van der Waals surface area contributed by atoms with Crippen molar-refractivity contribution in [2.75, 3.05) is 21.7 Å². The van der Waals surface area contributed by atoms with Gasteiger partial charge in [0.25, 0.3) is 5.91 Å². The van der Waals surface area contributed by atoms with Crippen LogP contribution in [0.4, 0.5) is 26.2 Å². The number of hydrogen-bond acceptors (Lipinski definition) is 5. The van der Waals surface area contributed by atoms with Crippen molar-refractivity contribution in [3.63, 3.8) is 0 Å². The van der Waals surface area contributed by atoms with Gasteiger partial charge in [0.2, 0.25) is 5.91 Å². The molecule has 0 radical (unpaired) electrons. The van der Waals surface area contributed by atoms with E-state index in [-0.39, 0.29) is 22.8 Å². The molecular formula is C21H22FN3O4S. The van der Waals surface area contributed by atoms with E-state index in [2.05, 4.69) is 16.0 Å². The maximum Gasteiger partial charge on any atom is 0.412 e. The summed E-state index contributed by atoms with van der Waals surface area (Å²) in [6.45, 7) is 5.15. The number of fused-ring (bicyclic) bond motifs is 1. The molecule has 0 bridgehead atoms. The molecule has 158 valence electrons. The lowest BCUT2D eigenvalue weighted by molar-refractivity contribution is -0.115. The van der Waals surface area contributed by atoms with E-state index in [1.54, 1.807) is 39.0 Å². The lowest BCUT2D eigenvalue weighted by Gasteiger charge is -2.20. The second kappa shape index (κ2) is 8.74. The number of thioether (sulfide) groups is 1. The van der Waals surface area contributed by atoms with Crippen molar-refractivity contribution in [1.29, 1.82) is 0 Å². The molecule has 0 aromatic heterocycles. The highest BCUT2D eigenvalue weighted by Gasteiger charge is 2.19. The zero-order chi connectivity index (χ0) is 21.9. The average molecular weight is 431 g/mol. The van der Waals surface area contributed by atoms with Crippen molar-refractivity contribution >= 4 is 46.7 Å². The van der Waals surface area contributed by atoms with Gasteiger partial charge in [0, 0.05) is 22.6 Å². The minimum atomic E-state index is -0.727. The van der Waals surface area contributed by atoms with Crippen molar-refractivity contribution in [2.45, 2.75) is 37.7 Å². The maximum atomic E-state index is 13.8. The number of carbonyl (C=O) groups is 3. The van der Waals surface area contributed by atoms with Gasteiger partial charge in [0.15, 0.2) is 0 Å². The Bertz CT molecular complexity index is 1000. The van der Waals surface area contributed by atoms with Gasteiger partial charge < -0.3 is 15.4 Å². The molecule has 3 N–H and O–H groups in total. The molecule has 2 aromatic carbocycles. The normalized spacial score (nSPS) is 13.5. The molecule has 0 saturated carbocycles. The third-order valence-corrected chi connectivity index (χ3v) is 5.04. The smallest absolute Gasteiger partial charge is 0.412 e. The minimum Gasteiger partial charge on any atom is -0.444 e. The lowest BCUT2D eigenvalue weighted by atomic mass is 10.1. The molecule has 0 fully saturated rings. The molecule has 3 amide bonds. The number of benzene rings is 2. The number of anilines is 3. The first kappa shape index (κ1) is 21.6. The number of rotatable bonds is 3. The molecule has 0 spiro atoms. The van der Waals surface area contributed by atoms with Gasteiger partial charge in [-0.15, -0.1) is 11.8 Å². The molecule has 0 aliphatic carbocycles. The molecular weight excluding hydrogens is 409 g/mol. The van der Waals surface area contributed by atoms with Gasteiger partial charge in [-0.2, -0.15) is 0 Å². The molecule has 3 rings (SSSR count). The monoisotopic (exact) mass is 431 g/mol. The first-order valence-corrected chi connectivity index (χ1v) is 10.3. The summed E-state index contributed by atoms with van der Waals surface area (Å²) in [5, 5.41) is 7.89. The van der Waals surface area contributed by atoms with Crippen LogP contribution in [0, 0.1) is 5.82 Å². The van der Waals surface area contributed by atoms with E-state index in [9.17, 15) is 18.8 Å². The van der Waals surface area contributed by atoms with Crippen molar-refractivity contribution in [2.24, 2.45) is 0 Å². The van der Waals surface area contributed by atoms with Gasteiger partial charge in [0.05, 0.1) is 17.1 Å². The van der Waals surface area contributed by atoms with Crippen LogP contribution in [0.5, 0.6) is 0 Å². The first-order valence-electron chi connectivity index (χ1n) is 9.28. The quantitative estimate of drug-likeness (QED) is 0.645. The van der Waals surface area contributed by atoms with Gasteiger partial charge in [-0.1, -0.05) is 0 Å². The zero-order valence-corrected chi connectivity index (χ0v) is 17.6. The van der Waals surface area contributed by atoms with Crippen LogP contribution in [0.15, 0.2) is 41.3 Å². The van der Waals surface area contributed by atoms with Crippen LogP contribution in [0.3, 0.4) is 0 Å². The van der Waals surface area contributed by atoms with E-state index in [0.717, 1.165) is 17.0 Å². The number of nitrogens with one attached hydrogen (secondary N) is 3. The molecule has 0 unspecified atom stereocenters. The number of amides is 3. The maximum absolute atomic E-state index is 13.8. The van der Waals surface area contributed by atoms with Crippen molar-refractivity contribution in [3.05, 3.63) is 47.8 Å². The van der Waals surface area contributed by atoms with Gasteiger partial charge in [-0.05, 0) is 57.2 Å². The third kappa shape index (κ3) is 5.73. The Kier molecular flexibility index (Phi) is 6.31. The summed E-state index contributed by atoms with van der Waals surface area (Å²) in [5.74, 6) is -0.551. The second-order valence-electron chi connectivity index (χ2n) is 7.63. The minimum absolute atomic E-state index is 0.0826. The Labute approximate surface area is 177 Å². The molecule has 1 aliphatic heterocycles. The van der Waals surface area contributed by atoms with Gasteiger partial charge in [-0.25, -0.2) is 9.18 Å². The van der Waals surface area contributed by atoms with Gasteiger partial charge in [0.1, 0.15) is 11.4 Å². The van der Waals surface area contributed by atoms with Crippen molar-refractivity contribution in [1.82, 2.24) is 0 Å².